The van der Waals surface area contributed by atoms with Gasteiger partial charge in [-0.2, -0.15) is 0 Å². The molecular weight excluding hydrogens is 290 g/mol. The number of hydrogen-bond acceptors (Lipinski definition) is 5. The minimum absolute atomic E-state index is 0.436. The van der Waals surface area contributed by atoms with E-state index in [2.05, 4.69) is 5.32 Å². The molecular formula is C15H17NO4S. The molecule has 0 aliphatic carbocycles. The summed E-state index contributed by atoms with van der Waals surface area (Å²) >= 11 is 1.58. The first-order valence-electron chi connectivity index (χ1n) is 6.36. The van der Waals surface area contributed by atoms with E-state index < -0.39 is 12.0 Å². The lowest BCUT2D eigenvalue weighted by atomic mass is 10.0. The smallest absolute Gasteiger partial charge is 0.325 e. The second-order valence-electron chi connectivity index (χ2n) is 4.31. The van der Waals surface area contributed by atoms with E-state index in [9.17, 15) is 9.90 Å². The van der Waals surface area contributed by atoms with E-state index in [1.54, 1.807) is 29.5 Å². The molecule has 0 fully saturated rings. The molecule has 0 aliphatic rings. The molecule has 1 atom stereocenters. The number of benzene rings is 1. The zero-order valence-electron chi connectivity index (χ0n) is 11.8. The van der Waals surface area contributed by atoms with Crippen molar-refractivity contribution in [2.24, 2.45) is 0 Å². The molecule has 1 unspecified atom stereocenters. The van der Waals surface area contributed by atoms with Crippen LogP contribution in [0.4, 0.5) is 0 Å². The summed E-state index contributed by atoms with van der Waals surface area (Å²) in [5.41, 5.74) is 0.543. The molecule has 0 radical (unpaired) electrons. The summed E-state index contributed by atoms with van der Waals surface area (Å²) in [6.07, 6.45) is 0. The average Bonchev–Trinajstić information content (AvgIpc) is 3.00. The summed E-state index contributed by atoms with van der Waals surface area (Å²) in [6.45, 7) is 0.481. The standard InChI is InChI=1S/C15H17NO4S/c1-19-12-7-3-6-11(14(12)20-2)13(15(17)18)16-9-10-5-4-8-21-10/h3-8,13,16H,9H2,1-2H3,(H,17,18). The van der Waals surface area contributed by atoms with Gasteiger partial charge >= 0.3 is 5.97 Å². The number of aliphatic carboxylic acids is 1. The van der Waals surface area contributed by atoms with Gasteiger partial charge in [-0.05, 0) is 17.5 Å². The Bertz CT molecular complexity index is 598. The van der Waals surface area contributed by atoms with Crippen LogP contribution in [0, 0.1) is 0 Å². The van der Waals surface area contributed by atoms with Gasteiger partial charge in [0.25, 0.3) is 0 Å². The topological polar surface area (TPSA) is 67.8 Å². The first-order chi connectivity index (χ1) is 10.2. The zero-order valence-corrected chi connectivity index (χ0v) is 12.6. The van der Waals surface area contributed by atoms with Crippen LogP contribution in [-0.2, 0) is 11.3 Å². The van der Waals surface area contributed by atoms with Gasteiger partial charge in [0.05, 0.1) is 14.2 Å². The van der Waals surface area contributed by atoms with Crippen LogP contribution in [0.2, 0.25) is 0 Å². The summed E-state index contributed by atoms with van der Waals surface area (Å²) in [7, 11) is 3.02. The number of carboxylic acids is 1. The third-order valence-electron chi connectivity index (χ3n) is 3.05. The molecule has 21 heavy (non-hydrogen) atoms. The second kappa shape index (κ2) is 7.10. The minimum atomic E-state index is -0.960. The van der Waals surface area contributed by atoms with Gasteiger partial charge in [0.1, 0.15) is 6.04 Å². The zero-order chi connectivity index (χ0) is 15.2. The Morgan fingerprint density at radius 3 is 2.67 bits per heavy atom. The van der Waals surface area contributed by atoms with E-state index in [1.165, 1.54) is 14.2 Å². The van der Waals surface area contributed by atoms with Gasteiger partial charge in [-0.25, -0.2) is 0 Å². The van der Waals surface area contributed by atoms with Crippen LogP contribution >= 0.6 is 11.3 Å². The maximum atomic E-state index is 11.6. The van der Waals surface area contributed by atoms with Crippen LogP contribution in [0.25, 0.3) is 0 Å². The van der Waals surface area contributed by atoms with Crippen LogP contribution in [0.1, 0.15) is 16.5 Å². The minimum Gasteiger partial charge on any atom is -0.493 e. The molecule has 0 spiro atoms. The van der Waals surface area contributed by atoms with Crippen LogP contribution in [-0.4, -0.2) is 25.3 Å². The molecule has 6 heteroatoms. The van der Waals surface area contributed by atoms with E-state index in [0.717, 1.165) is 4.88 Å². The van der Waals surface area contributed by atoms with Gasteiger partial charge in [-0.15, -0.1) is 11.3 Å². The number of carboxylic acid groups (broad SMARTS) is 1. The quantitative estimate of drug-likeness (QED) is 0.823. The fourth-order valence-corrected chi connectivity index (χ4v) is 2.74. The number of rotatable bonds is 7. The molecule has 2 rings (SSSR count). The molecule has 1 aromatic heterocycles. The molecule has 5 nitrogen and oxygen atoms in total. The normalized spacial score (nSPS) is 11.9. The van der Waals surface area contributed by atoms with Crippen molar-refractivity contribution in [2.75, 3.05) is 14.2 Å². The van der Waals surface area contributed by atoms with Gasteiger partial charge in [0.15, 0.2) is 11.5 Å². The van der Waals surface area contributed by atoms with Crippen molar-refractivity contribution in [3.8, 4) is 11.5 Å². The lowest BCUT2D eigenvalue weighted by Gasteiger charge is -2.19. The highest BCUT2D eigenvalue weighted by atomic mass is 32.1. The van der Waals surface area contributed by atoms with Gasteiger partial charge in [-0.3, -0.25) is 10.1 Å². The molecule has 0 saturated carbocycles. The highest BCUT2D eigenvalue weighted by Crippen LogP contribution is 2.34. The Hall–Kier alpha value is -2.05. The van der Waals surface area contributed by atoms with Crippen molar-refractivity contribution in [3.05, 3.63) is 46.2 Å². The number of thiophene rings is 1. The first kappa shape index (κ1) is 15.3. The Morgan fingerprint density at radius 2 is 2.10 bits per heavy atom. The molecule has 0 amide bonds. The number of nitrogens with one attached hydrogen (secondary N) is 1. The Balaban J connectivity index is 2.27. The fraction of sp³-hybridized carbons (Fsp3) is 0.267. The molecule has 0 bridgehead atoms. The summed E-state index contributed by atoms with van der Waals surface area (Å²) in [5.74, 6) is -0.0108. The van der Waals surface area contributed by atoms with Crippen molar-refractivity contribution in [1.82, 2.24) is 5.32 Å². The predicted octanol–water partition coefficient (Wildman–Crippen LogP) is 2.68. The van der Waals surface area contributed by atoms with E-state index in [1.807, 2.05) is 17.5 Å². The maximum absolute atomic E-state index is 11.6. The Morgan fingerprint density at radius 1 is 1.29 bits per heavy atom. The molecule has 0 aliphatic heterocycles. The predicted molar refractivity (Wildman–Crippen MR) is 81.1 cm³/mol. The average molecular weight is 307 g/mol. The van der Waals surface area contributed by atoms with Crippen molar-refractivity contribution in [3.63, 3.8) is 0 Å². The highest BCUT2D eigenvalue weighted by Gasteiger charge is 2.24. The SMILES string of the molecule is COc1cccc(C(NCc2cccs2)C(=O)O)c1OC. The van der Waals surface area contributed by atoms with Crippen LogP contribution < -0.4 is 14.8 Å². The molecule has 2 aromatic rings. The van der Waals surface area contributed by atoms with Crippen molar-refractivity contribution >= 4 is 17.3 Å². The number of ether oxygens (including phenoxy) is 2. The van der Waals surface area contributed by atoms with Crippen molar-refractivity contribution in [2.45, 2.75) is 12.6 Å². The van der Waals surface area contributed by atoms with E-state index >= 15 is 0 Å². The number of hydrogen-bond donors (Lipinski definition) is 2. The molecule has 0 saturated heterocycles. The van der Waals surface area contributed by atoms with E-state index in [4.69, 9.17) is 9.47 Å². The van der Waals surface area contributed by atoms with Gasteiger partial charge in [0.2, 0.25) is 0 Å². The third kappa shape index (κ3) is 3.53. The number of carbonyl (C=O) groups is 1. The fourth-order valence-electron chi connectivity index (χ4n) is 2.09. The van der Waals surface area contributed by atoms with Crippen LogP contribution in [0.15, 0.2) is 35.7 Å². The summed E-state index contributed by atoms with van der Waals surface area (Å²) in [6, 6.07) is 8.24. The summed E-state index contributed by atoms with van der Waals surface area (Å²) in [4.78, 5) is 12.6. The molecule has 1 aromatic carbocycles. The van der Waals surface area contributed by atoms with E-state index in [-0.39, 0.29) is 0 Å². The summed E-state index contributed by atoms with van der Waals surface area (Å²) < 4.78 is 10.5. The van der Waals surface area contributed by atoms with Crippen LogP contribution in [0.5, 0.6) is 11.5 Å². The lowest BCUT2D eigenvalue weighted by Crippen LogP contribution is -2.28. The second-order valence-corrected chi connectivity index (χ2v) is 5.35. The largest absolute Gasteiger partial charge is 0.493 e. The Labute approximate surface area is 127 Å². The van der Waals surface area contributed by atoms with Gasteiger partial charge in [-0.1, -0.05) is 18.2 Å². The van der Waals surface area contributed by atoms with Crippen molar-refractivity contribution in [1.29, 1.82) is 0 Å². The first-order valence-corrected chi connectivity index (χ1v) is 7.24. The number of para-hydroxylation sites is 1. The number of methoxy groups -OCH3 is 2. The van der Waals surface area contributed by atoms with E-state index in [0.29, 0.717) is 23.6 Å². The van der Waals surface area contributed by atoms with Crippen molar-refractivity contribution < 1.29 is 19.4 Å². The maximum Gasteiger partial charge on any atom is 0.325 e. The van der Waals surface area contributed by atoms with Gasteiger partial charge in [0, 0.05) is 17.0 Å². The molecule has 1 heterocycles. The molecule has 2 N–H and O–H groups in total. The third-order valence-corrected chi connectivity index (χ3v) is 3.93. The molecule has 112 valence electrons. The highest BCUT2D eigenvalue weighted by molar-refractivity contribution is 7.09. The van der Waals surface area contributed by atoms with Crippen LogP contribution in [0.3, 0.4) is 0 Å². The van der Waals surface area contributed by atoms with Gasteiger partial charge < -0.3 is 14.6 Å². The lowest BCUT2D eigenvalue weighted by molar-refractivity contribution is -0.139. The monoisotopic (exact) mass is 307 g/mol. The summed E-state index contributed by atoms with van der Waals surface area (Å²) in [5, 5.41) is 14.5. The Kier molecular flexibility index (Phi) is 5.19.